The summed E-state index contributed by atoms with van der Waals surface area (Å²) < 4.78 is 23.4. The first kappa shape index (κ1) is 19.2. The lowest BCUT2D eigenvalue weighted by Gasteiger charge is -2.41. The molecule has 1 amide bonds. The summed E-state index contributed by atoms with van der Waals surface area (Å²) in [5.41, 5.74) is 0.981. The number of amides is 1. The van der Waals surface area contributed by atoms with Crippen molar-refractivity contribution in [3.05, 3.63) is 12.2 Å². The van der Waals surface area contributed by atoms with E-state index in [0.29, 0.717) is 25.9 Å². The average molecular weight is 383 g/mol. The molecule has 0 aromatic carbocycles. The molecule has 0 aliphatic carbocycles. The van der Waals surface area contributed by atoms with Crippen molar-refractivity contribution in [1.82, 2.24) is 15.5 Å². The first-order valence-electron chi connectivity index (χ1n) is 9.42. The van der Waals surface area contributed by atoms with E-state index < -0.39 is 9.84 Å². The lowest BCUT2D eigenvalue weighted by atomic mass is 9.79. The number of sulfone groups is 1. The molecule has 3 fully saturated rings. The smallest absolute Gasteiger partial charge is 0.220 e. The molecule has 0 aromatic rings. The zero-order chi connectivity index (χ0) is 18.8. The third-order valence-corrected chi connectivity index (χ3v) is 7.37. The molecule has 1 spiro atoms. The lowest BCUT2D eigenvalue weighted by molar-refractivity contribution is -0.119. The number of hydrogen-bond donors (Lipinski definition) is 2. The molecule has 3 saturated heterocycles. The quantitative estimate of drug-likeness (QED) is 0.421. The fourth-order valence-electron chi connectivity index (χ4n) is 4.18. The highest BCUT2D eigenvalue weighted by molar-refractivity contribution is 7.91. The Labute approximate surface area is 156 Å². The van der Waals surface area contributed by atoms with Gasteiger partial charge in [0.15, 0.2) is 15.8 Å². The van der Waals surface area contributed by atoms with Gasteiger partial charge < -0.3 is 15.5 Å². The number of carbonyl (C=O) groups is 1. The summed E-state index contributed by atoms with van der Waals surface area (Å²) in [6, 6.07) is 0. The summed E-state index contributed by atoms with van der Waals surface area (Å²) in [6.07, 6.45) is 3.38. The zero-order valence-corrected chi connectivity index (χ0v) is 16.4. The Hall–Kier alpha value is -1.57. The highest BCUT2D eigenvalue weighted by Crippen LogP contribution is 2.36. The number of hydrogen-bond acceptors (Lipinski definition) is 4. The van der Waals surface area contributed by atoms with Crippen LogP contribution in [0.1, 0.15) is 32.6 Å². The maximum Gasteiger partial charge on any atom is 0.220 e. The fourth-order valence-corrected chi connectivity index (χ4v) is 6.04. The van der Waals surface area contributed by atoms with Crippen LogP contribution in [0.25, 0.3) is 0 Å². The van der Waals surface area contributed by atoms with Crippen LogP contribution in [0.2, 0.25) is 0 Å². The van der Waals surface area contributed by atoms with E-state index in [0.717, 1.165) is 44.0 Å². The van der Waals surface area contributed by atoms with E-state index >= 15 is 0 Å². The van der Waals surface area contributed by atoms with E-state index in [2.05, 4.69) is 22.1 Å². The standard InChI is InChI=1S/C18H30N4O3S/c1-14(2)9-19-17(20-10-15-4-7-26(24,25)11-15)22-6-3-5-18(13-22)8-16(23)21-12-18/h15H,1,3-13H2,2H3,(H,19,20)(H,21,23). The van der Waals surface area contributed by atoms with Gasteiger partial charge in [0, 0.05) is 38.0 Å². The van der Waals surface area contributed by atoms with Gasteiger partial charge in [-0.15, -0.1) is 0 Å². The Morgan fingerprint density at radius 2 is 2.31 bits per heavy atom. The fraction of sp³-hybridized carbons (Fsp3) is 0.778. The molecule has 0 radical (unpaired) electrons. The molecular formula is C18H30N4O3S. The third kappa shape index (κ3) is 4.78. The second-order valence-electron chi connectivity index (χ2n) is 8.23. The van der Waals surface area contributed by atoms with E-state index in [1.807, 2.05) is 6.92 Å². The van der Waals surface area contributed by atoms with Gasteiger partial charge in [0.25, 0.3) is 0 Å². The van der Waals surface area contributed by atoms with Crippen LogP contribution in [0.5, 0.6) is 0 Å². The molecule has 2 atom stereocenters. The van der Waals surface area contributed by atoms with Gasteiger partial charge in [0.1, 0.15) is 0 Å². The Morgan fingerprint density at radius 1 is 1.50 bits per heavy atom. The van der Waals surface area contributed by atoms with E-state index in [1.165, 1.54) is 0 Å². The molecule has 3 aliphatic heterocycles. The van der Waals surface area contributed by atoms with Gasteiger partial charge in [0.05, 0.1) is 18.1 Å². The van der Waals surface area contributed by atoms with Gasteiger partial charge in [-0.3, -0.25) is 4.79 Å². The number of nitrogens with one attached hydrogen (secondary N) is 2. The van der Waals surface area contributed by atoms with Gasteiger partial charge in [-0.05, 0) is 32.1 Å². The van der Waals surface area contributed by atoms with E-state index in [-0.39, 0.29) is 28.7 Å². The molecule has 3 aliphatic rings. The molecule has 8 heteroatoms. The van der Waals surface area contributed by atoms with Gasteiger partial charge in [0.2, 0.25) is 5.91 Å². The van der Waals surface area contributed by atoms with Crippen LogP contribution >= 0.6 is 0 Å². The predicted octanol–water partition coefficient (Wildman–Crippen LogP) is 0.545. The van der Waals surface area contributed by atoms with Crippen LogP contribution in [0.4, 0.5) is 0 Å². The second kappa shape index (κ2) is 7.58. The number of likely N-dealkylation sites (tertiary alicyclic amines) is 1. The predicted molar refractivity (Wildman–Crippen MR) is 103 cm³/mol. The number of nitrogens with zero attached hydrogens (tertiary/aromatic N) is 2. The van der Waals surface area contributed by atoms with E-state index in [9.17, 15) is 13.2 Å². The average Bonchev–Trinajstić information content (AvgIpc) is 3.09. The minimum Gasteiger partial charge on any atom is -0.356 e. The lowest BCUT2D eigenvalue weighted by Crippen LogP contribution is -2.52. The molecule has 0 bridgehead atoms. The normalized spacial score (nSPS) is 31.3. The minimum absolute atomic E-state index is 0.00228. The minimum atomic E-state index is -2.87. The van der Waals surface area contributed by atoms with Gasteiger partial charge in [-0.25, -0.2) is 13.4 Å². The molecule has 2 N–H and O–H groups in total. The van der Waals surface area contributed by atoms with Crippen molar-refractivity contribution in [1.29, 1.82) is 0 Å². The third-order valence-electron chi connectivity index (χ3n) is 5.53. The Balaban J connectivity index is 1.66. The van der Waals surface area contributed by atoms with Gasteiger partial charge >= 0.3 is 0 Å². The van der Waals surface area contributed by atoms with Crippen LogP contribution in [0, 0.1) is 11.3 Å². The van der Waals surface area contributed by atoms with Crippen LogP contribution < -0.4 is 10.6 Å². The second-order valence-corrected chi connectivity index (χ2v) is 10.5. The Morgan fingerprint density at radius 3 is 2.92 bits per heavy atom. The molecule has 2 unspecified atom stereocenters. The first-order valence-corrected chi connectivity index (χ1v) is 11.2. The van der Waals surface area contributed by atoms with E-state index in [4.69, 9.17) is 4.99 Å². The van der Waals surface area contributed by atoms with Crippen LogP contribution in [-0.2, 0) is 14.6 Å². The molecule has 146 valence electrons. The molecule has 3 rings (SSSR count). The summed E-state index contributed by atoms with van der Waals surface area (Å²) in [7, 11) is -2.87. The number of aliphatic imine (C=N–C) groups is 1. The molecule has 7 nitrogen and oxygen atoms in total. The van der Waals surface area contributed by atoms with Gasteiger partial charge in [-0.2, -0.15) is 0 Å². The van der Waals surface area contributed by atoms with E-state index in [1.54, 1.807) is 0 Å². The summed E-state index contributed by atoms with van der Waals surface area (Å²) in [4.78, 5) is 18.7. The highest BCUT2D eigenvalue weighted by atomic mass is 32.2. The SMILES string of the molecule is C=C(C)CN=C(NCC1CCS(=O)(=O)C1)N1CCCC2(CNC(=O)C2)C1. The van der Waals surface area contributed by atoms with Gasteiger partial charge in [-0.1, -0.05) is 12.2 Å². The molecule has 0 aromatic heterocycles. The van der Waals surface area contributed by atoms with Crippen LogP contribution in [0.15, 0.2) is 17.1 Å². The summed E-state index contributed by atoms with van der Waals surface area (Å²) in [6.45, 7) is 9.48. The van der Waals surface area contributed by atoms with Crippen molar-refractivity contribution in [2.75, 3.05) is 44.2 Å². The van der Waals surface area contributed by atoms with Crippen LogP contribution in [0.3, 0.4) is 0 Å². The largest absolute Gasteiger partial charge is 0.356 e. The van der Waals surface area contributed by atoms with Crippen molar-refractivity contribution < 1.29 is 13.2 Å². The molecular weight excluding hydrogens is 352 g/mol. The van der Waals surface area contributed by atoms with Crippen molar-refractivity contribution in [2.45, 2.75) is 32.6 Å². The maximum atomic E-state index is 11.7. The zero-order valence-electron chi connectivity index (χ0n) is 15.6. The topological polar surface area (TPSA) is 90.9 Å². The molecule has 3 heterocycles. The number of guanidine groups is 1. The Kier molecular flexibility index (Phi) is 5.60. The Bertz CT molecular complexity index is 703. The first-order chi connectivity index (χ1) is 12.3. The van der Waals surface area contributed by atoms with Crippen molar-refractivity contribution in [3.8, 4) is 0 Å². The summed E-state index contributed by atoms with van der Waals surface area (Å²) in [5, 5.41) is 6.38. The monoisotopic (exact) mass is 382 g/mol. The number of carbonyl (C=O) groups excluding carboxylic acids is 1. The summed E-state index contributed by atoms with van der Waals surface area (Å²) >= 11 is 0. The number of rotatable bonds is 4. The number of piperidine rings is 1. The highest BCUT2D eigenvalue weighted by Gasteiger charge is 2.42. The van der Waals surface area contributed by atoms with Crippen LogP contribution in [-0.4, -0.2) is 69.4 Å². The maximum absolute atomic E-state index is 11.7. The van der Waals surface area contributed by atoms with Crippen molar-refractivity contribution in [3.63, 3.8) is 0 Å². The van der Waals surface area contributed by atoms with Crippen molar-refractivity contribution >= 4 is 21.7 Å². The molecule has 0 saturated carbocycles. The molecule has 26 heavy (non-hydrogen) atoms. The van der Waals surface area contributed by atoms with Crippen molar-refractivity contribution in [2.24, 2.45) is 16.3 Å². The summed E-state index contributed by atoms with van der Waals surface area (Å²) in [5.74, 6) is 1.64.